The third kappa shape index (κ3) is 8.34. The fourth-order valence-electron chi connectivity index (χ4n) is 5.46. The van der Waals surface area contributed by atoms with E-state index in [1.807, 2.05) is 52.0 Å². The molecule has 0 saturated carbocycles. The number of aromatic amines is 1. The Hall–Kier alpha value is -3.34. The average molecular weight is 633 g/mol. The highest BCUT2D eigenvalue weighted by Crippen LogP contribution is 2.28. The lowest BCUT2D eigenvalue weighted by molar-refractivity contribution is -0.142. The second-order valence-electron chi connectivity index (χ2n) is 11.3. The van der Waals surface area contributed by atoms with E-state index in [9.17, 15) is 24.3 Å². The molecule has 41 heavy (non-hydrogen) atoms. The van der Waals surface area contributed by atoms with E-state index >= 15 is 0 Å². The van der Waals surface area contributed by atoms with Crippen LogP contribution in [0, 0.1) is 5.92 Å². The number of fused-ring (bicyclic) bond motifs is 1. The minimum atomic E-state index is -1.20. The molecular weight excluding hydrogens is 590 g/mol. The summed E-state index contributed by atoms with van der Waals surface area (Å²) < 4.78 is 0.659. The Bertz CT molecular complexity index is 1250. The number of aliphatic carboxylic acids is 1. The Morgan fingerprint density at radius 1 is 1.05 bits per heavy atom. The van der Waals surface area contributed by atoms with Gasteiger partial charge in [-0.25, -0.2) is 9.59 Å². The first-order chi connectivity index (χ1) is 19.4. The lowest BCUT2D eigenvalue weighted by atomic mass is 9.97. The third-order valence-electron chi connectivity index (χ3n) is 7.57. The first-order valence-corrected chi connectivity index (χ1v) is 15.0. The molecule has 0 aliphatic carbocycles. The molecule has 2 unspecified atom stereocenters. The molecule has 2 heterocycles. The maximum Gasteiger partial charge on any atom is 0.326 e. The molecule has 3 rings (SSSR count). The summed E-state index contributed by atoms with van der Waals surface area (Å²) in [7, 11) is 0. The molecule has 1 saturated heterocycles. The standard InChI is InChI=1S/C30H42BrN5O5/c1-6-10-23(29(39)40)33-28(38)25(16-21-20-13-7-8-14-22(20)32-26(21)31)34-27(37)24(15-17(2)3)35-30(41)36-18(4)11-9-12-19(36)5/h6-8,13-14,17-19,23-25,32H,1,9-12,15-16H2,2-5H3,(H,33,38)(H,34,37)(H,35,41)(H,39,40)/t18-,19+,23?,24?,25-/m1/s1. The number of carboxylic acids is 1. The maximum atomic E-state index is 13.7. The summed E-state index contributed by atoms with van der Waals surface area (Å²) in [5, 5.41) is 18.8. The molecule has 5 N–H and O–H groups in total. The number of urea groups is 1. The van der Waals surface area contributed by atoms with Crippen molar-refractivity contribution in [2.45, 2.75) is 96.4 Å². The van der Waals surface area contributed by atoms with Gasteiger partial charge >= 0.3 is 12.0 Å². The van der Waals surface area contributed by atoms with Gasteiger partial charge in [0.1, 0.15) is 18.1 Å². The van der Waals surface area contributed by atoms with Crippen LogP contribution in [0.25, 0.3) is 10.9 Å². The fourth-order valence-corrected chi connectivity index (χ4v) is 6.05. The van der Waals surface area contributed by atoms with Crippen LogP contribution >= 0.6 is 15.9 Å². The van der Waals surface area contributed by atoms with Gasteiger partial charge in [-0.05, 0) is 79.4 Å². The first-order valence-electron chi connectivity index (χ1n) is 14.2. The third-order valence-corrected chi connectivity index (χ3v) is 8.25. The number of para-hydroxylation sites is 1. The molecule has 11 heteroatoms. The van der Waals surface area contributed by atoms with Crippen LogP contribution in [-0.2, 0) is 20.8 Å². The fraction of sp³-hybridized carbons (Fsp3) is 0.533. The van der Waals surface area contributed by atoms with Crippen LogP contribution in [0.5, 0.6) is 0 Å². The number of likely N-dealkylation sites (tertiary alicyclic amines) is 1. The predicted octanol–water partition coefficient (Wildman–Crippen LogP) is 4.49. The van der Waals surface area contributed by atoms with Gasteiger partial charge in [-0.3, -0.25) is 9.59 Å². The van der Waals surface area contributed by atoms with E-state index in [0.717, 1.165) is 35.7 Å². The van der Waals surface area contributed by atoms with E-state index in [-0.39, 0.29) is 36.9 Å². The van der Waals surface area contributed by atoms with Crippen LogP contribution in [-0.4, -0.2) is 69.0 Å². The highest BCUT2D eigenvalue weighted by atomic mass is 79.9. The molecule has 0 spiro atoms. The van der Waals surface area contributed by atoms with Crippen LogP contribution in [0.4, 0.5) is 4.79 Å². The molecule has 10 nitrogen and oxygen atoms in total. The van der Waals surface area contributed by atoms with E-state index in [1.54, 1.807) is 4.90 Å². The number of amides is 4. The molecule has 1 aliphatic rings. The van der Waals surface area contributed by atoms with Gasteiger partial charge in [-0.15, -0.1) is 6.58 Å². The number of carbonyl (C=O) groups excluding carboxylic acids is 3. The second-order valence-corrected chi connectivity index (χ2v) is 12.1. The number of hydrogen-bond acceptors (Lipinski definition) is 4. The molecule has 1 aromatic carbocycles. The molecule has 0 radical (unpaired) electrons. The van der Waals surface area contributed by atoms with E-state index in [0.29, 0.717) is 11.0 Å². The van der Waals surface area contributed by atoms with Crippen molar-refractivity contribution < 1.29 is 24.3 Å². The van der Waals surface area contributed by atoms with E-state index < -0.39 is 35.9 Å². The summed E-state index contributed by atoms with van der Waals surface area (Å²) in [4.78, 5) is 57.3. The van der Waals surface area contributed by atoms with Crippen molar-refractivity contribution in [2.24, 2.45) is 5.92 Å². The highest BCUT2D eigenvalue weighted by Gasteiger charge is 2.34. The monoisotopic (exact) mass is 631 g/mol. The number of nitrogens with one attached hydrogen (secondary N) is 4. The summed E-state index contributed by atoms with van der Waals surface area (Å²) in [5.74, 6) is -2.26. The molecule has 224 valence electrons. The quantitative estimate of drug-likeness (QED) is 0.219. The normalized spacial score (nSPS) is 19.3. The van der Waals surface area contributed by atoms with Gasteiger partial charge in [-0.2, -0.15) is 0 Å². The number of hydrogen-bond donors (Lipinski definition) is 5. The number of aromatic nitrogens is 1. The van der Waals surface area contributed by atoms with Crippen LogP contribution < -0.4 is 16.0 Å². The summed E-state index contributed by atoms with van der Waals surface area (Å²) in [6.45, 7) is 11.5. The highest BCUT2D eigenvalue weighted by molar-refractivity contribution is 9.10. The zero-order valence-corrected chi connectivity index (χ0v) is 25.8. The first kappa shape index (κ1) is 32.2. The Balaban J connectivity index is 1.88. The summed E-state index contributed by atoms with van der Waals surface area (Å²) in [6, 6.07) is 4.19. The topological polar surface area (TPSA) is 144 Å². The van der Waals surface area contributed by atoms with Crippen molar-refractivity contribution in [3.63, 3.8) is 0 Å². The second kappa shape index (κ2) is 14.5. The lowest BCUT2D eigenvalue weighted by Crippen LogP contribution is -2.59. The molecule has 1 aliphatic heterocycles. The van der Waals surface area contributed by atoms with Gasteiger partial charge in [0.05, 0.1) is 4.60 Å². The Morgan fingerprint density at radius 3 is 2.27 bits per heavy atom. The summed E-state index contributed by atoms with van der Waals surface area (Å²) >= 11 is 3.53. The van der Waals surface area contributed by atoms with Crippen LogP contribution in [0.2, 0.25) is 0 Å². The predicted molar refractivity (Wildman–Crippen MR) is 162 cm³/mol. The minimum Gasteiger partial charge on any atom is -0.480 e. The maximum absolute atomic E-state index is 13.7. The number of piperidine rings is 1. The van der Waals surface area contributed by atoms with Gasteiger partial charge in [0.15, 0.2) is 0 Å². The zero-order chi connectivity index (χ0) is 30.3. The average Bonchev–Trinajstić information content (AvgIpc) is 3.21. The van der Waals surface area contributed by atoms with Gasteiger partial charge in [0, 0.05) is 29.4 Å². The molecule has 0 bridgehead atoms. The smallest absolute Gasteiger partial charge is 0.326 e. The number of carboxylic acid groups (broad SMARTS) is 1. The van der Waals surface area contributed by atoms with Gasteiger partial charge in [-0.1, -0.05) is 38.1 Å². The van der Waals surface area contributed by atoms with E-state index in [4.69, 9.17) is 0 Å². The van der Waals surface area contributed by atoms with Crippen LogP contribution in [0.1, 0.15) is 65.4 Å². The van der Waals surface area contributed by atoms with E-state index in [1.165, 1.54) is 6.08 Å². The zero-order valence-electron chi connectivity index (χ0n) is 24.2. The number of nitrogens with zero attached hydrogens (tertiary/aromatic N) is 1. The number of carbonyl (C=O) groups is 4. The van der Waals surface area contributed by atoms with Crippen molar-refractivity contribution in [1.29, 1.82) is 0 Å². The van der Waals surface area contributed by atoms with Crippen molar-refractivity contribution in [3.05, 3.63) is 47.1 Å². The number of H-pyrrole nitrogens is 1. The molecule has 2 aromatic rings. The summed E-state index contributed by atoms with van der Waals surface area (Å²) in [5.41, 5.74) is 1.61. The largest absolute Gasteiger partial charge is 0.480 e. The lowest BCUT2D eigenvalue weighted by Gasteiger charge is -2.39. The number of benzene rings is 1. The molecule has 1 aromatic heterocycles. The Kier molecular flexibility index (Phi) is 11.4. The number of rotatable bonds is 12. The van der Waals surface area contributed by atoms with Gasteiger partial charge in [0.2, 0.25) is 11.8 Å². The molecular formula is C30H42BrN5O5. The van der Waals surface area contributed by atoms with Gasteiger partial charge in [0.25, 0.3) is 0 Å². The van der Waals surface area contributed by atoms with Crippen LogP contribution in [0.15, 0.2) is 41.5 Å². The van der Waals surface area contributed by atoms with E-state index in [2.05, 4.69) is 43.4 Å². The Labute approximate surface area is 249 Å². The van der Waals surface area contributed by atoms with Crippen molar-refractivity contribution >= 4 is 50.6 Å². The summed E-state index contributed by atoms with van der Waals surface area (Å²) in [6.07, 6.45) is 4.74. The molecule has 5 atom stereocenters. The minimum absolute atomic E-state index is 0.0246. The Morgan fingerprint density at radius 2 is 1.66 bits per heavy atom. The van der Waals surface area contributed by atoms with Crippen LogP contribution in [0.3, 0.4) is 0 Å². The van der Waals surface area contributed by atoms with Gasteiger partial charge < -0.3 is 30.9 Å². The van der Waals surface area contributed by atoms with Crippen molar-refractivity contribution in [3.8, 4) is 0 Å². The number of halogens is 1. The van der Waals surface area contributed by atoms with Crippen molar-refractivity contribution in [1.82, 2.24) is 25.8 Å². The molecule has 1 fully saturated rings. The molecule has 4 amide bonds. The SMILES string of the molecule is C=CCC(NC(=O)[C@@H](Cc1c(Br)[nH]c2ccccc12)NC(=O)C(CC(C)C)NC(=O)N1[C@H](C)CCC[C@@H]1C)C(=O)O. The van der Waals surface area contributed by atoms with Crippen molar-refractivity contribution in [2.75, 3.05) is 0 Å².